The molecular weight excluding hydrogens is 244 g/mol. The Labute approximate surface area is 93.3 Å². The number of hydrogen-bond donors (Lipinski definition) is 1. The average Bonchev–Trinajstić information content (AvgIpc) is 2.29. The van der Waals surface area contributed by atoms with Gasteiger partial charge in [0.05, 0.1) is 21.5 Å². The van der Waals surface area contributed by atoms with Gasteiger partial charge in [-0.05, 0) is 36.2 Å². The highest BCUT2D eigenvalue weighted by atomic mass is 79.9. The number of halogens is 1. The largest absolute Gasteiger partial charge is 0.390 e. The molecule has 0 aromatic carbocycles. The quantitative estimate of drug-likeness (QED) is 0.904. The van der Waals surface area contributed by atoms with Gasteiger partial charge in [0.25, 0.3) is 0 Å². The first-order valence-corrected chi connectivity index (χ1v) is 5.57. The van der Waals surface area contributed by atoms with E-state index in [4.69, 9.17) is 0 Å². The first-order valence-electron chi connectivity index (χ1n) is 4.77. The Hall–Kier alpha value is -0.350. The maximum absolute atomic E-state index is 9.74. The van der Waals surface area contributed by atoms with Gasteiger partial charge in [0.2, 0.25) is 0 Å². The highest BCUT2D eigenvalue weighted by Crippen LogP contribution is 2.24. The molecule has 14 heavy (non-hydrogen) atoms. The maximum Gasteiger partial charge on any atom is 0.0766 e. The highest BCUT2D eigenvalue weighted by molar-refractivity contribution is 9.10. The molecule has 1 N–H and O–H groups in total. The normalized spacial score (nSPS) is 12.1. The third-order valence-corrected chi connectivity index (χ3v) is 3.02. The minimum Gasteiger partial charge on any atom is -0.390 e. The molecule has 1 aromatic heterocycles. The van der Waals surface area contributed by atoms with Crippen LogP contribution in [0.15, 0.2) is 4.47 Å². The van der Waals surface area contributed by atoms with Crippen LogP contribution in [0.3, 0.4) is 0 Å². The summed E-state index contributed by atoms with van der Waals surface area (Å²) in [7, 11) is 1.91. The molecule has 1 aromatic rings. The van der Waals surface area contributed by atoms with Crippen LogP contribution in [0.25, 0.3) is 0 Å². The molecule has 80 valence electrons. The van der Waals surface area contributed by atoms with E-state index in [2.05, 4.69) is 28.0 Å². The van der Waals surface area contributed by atoms with Gasteiger partial charge in [0.15, 0.2) is 0 Å². The van der Waals surface area contributed by atoms with Gasteiger partial charge in [-0.3, -0.25) is 4.68 Å². The molecule has 0 saturated heterocycles. The zero-order valence-corrected chi connectivity index (χ0v) is 10.7. The molecule has 0 aliphatic rings. The van der Waals surface area contributed by atoms with E-state index in [-0.39, 0.29) is 0 Å². The van der Waals surface area contributed by atoms with Crippen molar-refractivity contribution in [3.63, 3.8) is 0 Å². The molecule has 3 nitrogen and oxygen atoms in total. The Bertz CT molecular complexity index is 326. The summed E-state index contributed by atoms with van der Waals surface area (Å²) in [5.41, 5.74) is 1.41. The van der Waals surface area contributed by atoms with Crippen molar-refractivity contribution in [2.45, 2.75) is 39.2 Å². The smallest absolute Gasteiger partial charge is 0.0766 e. The summed E-state index contributed by atoms with van der Waals surface area (Å²) in [4.78, 5) is 0. The lowest BCUT2D eigenvalue weighted by molar-refractivity contribution is 0.0787. The van der Waals surface area contributed by atoms with Gasteiger partial charge in [-0.2, -0.15) is 5.10 Å². The Morgan fingerprint density at radius 1 is 1.50 bits per heavy atom. The number of nitrogens with zero attached hydrogens (tertiary/aromatic N) is 2. The minimum absolute atomic E-state index is 0.608. The highest BCUT2D eigenvalue weighted by Gasteiger charge is 2.20. The van der Waals surface area contributed by atoms with Gasteiger partial charge in [-0.25, -0.2) is 0 Å². The number of aliphatic hydroxyl groups is 1. The van der Waals surface area contributed by atoms with Gasteiger partial charge >= 0.3 is 0 Å². The van der Waals surface area contributed by atoms with Crippen LogP contribution in [0.1, 0.15) is 32.2 Å². The number of rotatable bonds is 3. The molecule has 0 amide bonds. The molecule has 0 atom stereocenters. The van der Waals surface area contributed by atoms with Crippen molar-refractivity contribution in [1.29, 1.82) is 0 Å². The predicted molar refractivity (Wildman–Crippen MR) is 60.3 cm³/mol. The fourth-order valence-electron chi connectivity index (χ4n) is 1.42. The van der Waals surface area contributed by atoms with Crippen molar-refractivity contribution in [2.24, 2.45) is 7.05 Å². The molecule has 0 radical (unpaired) electrons. The first-order chi connectivity index (χ1) is 6.35. The summed E-state index contributed by atoms with van der Waals surface area (Å²) in [6.45, 7) is 5.68. The number of hydrogen-bond acceptors (Lipinski definition) is 2. The monoisotopic (exact) mass is 260 g/mol. The van der Waals surface area contributed by atoms with Gasteiger partial charge in [-0.1, -0.05) is 6.92 Å². The molecule has 0 aliphatic heterocycles. The van der Waals surface area contributed by atoms with Crippen LogP contribution in [0.4, 0.5) is 0 Å². The van der Waals surface area contributed by atoms with Crippen LogP contribution in [-0.2, 0) is 19.9 Å². The van der Waals surface area contributed by atoms with E-state index in [1.807, 2.05) is 11.7 Å². The molecule has 0 fully saturated rings. The fourth-order valence-corrected chi connectivity index (χ4v) is 2.18. The van der Waals surface area contributed by atoms with Gasteiger partial charge in [0.1, 0.15) is 0 Å². The molecule has 0 aliphatic carbocycles. The van der Waals surface area contributed by atoms with Crippen molar-refractivity contribution in [3.05, 3.63) is 15.9 Å². The van der Waals surface area contributed by atoms with Crippen molar-refractivity contribution in [1.82, 2.24) is 9.78 Å². The lowest BCUT2D eigenvalue weighted by Gasteiger charge is -2.17. The van der Waals surface area contributed by atoms with E-state index in [0.717, 1.165) is 22.3 Å². The number of aryl methyl sites for hydroxylation is 2. The van der Waals surface area contributed by atoms with Crippen molar-refractivity contribution in [3.8, 4) is 0 Å². The Morgan fingerprint density at radius 2 is 2.07 bits per heavy atom. The minimum atomic E-state index is -0.693. The summed E-state index contributed by atoms with van der Waals surface area (Å²) < 4.78 is 2.87. The topological polar surface area (TPSA) is 38.0 Å². The van der Waals surface area contributed by atoms with Crippen LogP contribution in [0.2, 0.25) is 0 Å². The van der Waals surface area contributed by atoms with E-state index >= 15 is 0 Å². The van der Waals surface area contributed by atoms with Crippen LogP contribution < -0.4 is 0 Å². The molecule has 0 bridgehead atoms. The zero-order chi connectivity index (χ0) is 10.9. The molecule has 0 saturated carbocycles. The second-order valence-corrected chi connectivity index (χ2v) is 4.97. The van der Waals surface area contributed by atoms with Crippen LogP contribution in [0, 0.1) is 0 Å². The van der Waals surface area contributed by atoms with Gasteiger partial charge in [-0.15, -0.1) is 0 Å². The van der Waals surface area contributed by atoms with E-state index < -0.39 is 5.60 Å². The van der Waals surface area contributed by atoms with Gasteiger partial charge in [0, 0.05) is 13.5 Å². The average molecular weight is 261 g/mol. The van der Waals surface area contributed by atoms with E-state index in [1.54, 1.807) is 13.8 Å². The van der Waals surface area contributed by atoms with Crippen molar-refractivity contribution in [2.75, 3.05) is 0 Å². The molecule has 4 heteroatoms. The van der Waals surface area contributed by atoms with Gasteiger partial charge < -0.3 is 5.11 Å². The molecular formula is C10H17BrN2O. The Balaban J connectivity index is 3.03. The summed E-state index contributed by atoms with van der Waals surface area (Å²) >= 11 is 3.52. The summed E-state index contributed by atoms with van der Waals surface area (Å²) in [5.74, 6) is 0. The molecule has 1 heterocycles. The van der Waals surface area contributed by atoms with Crippen LogP contribution >= 0.6 is 15.9 Å². The van der Waals surface area contributed by atoms with Crippen molar-refractivity contribution >= 4 is 15.9 Å². The second-order valence-electron chi connectivity index (χ2n) is 4.17. The summed E-state index contributed by atoms with van der Waals surface area (Å²) in [5, 5.41) is 14.1. The SMILES string of the molecule is CCc1nn(C)c(CC(C)(C)O)c1Br. The van der Waals surface area contributed by atoms with Crippen molar-refractivity contribution < 1.29 is 5.11 Å². The summed E-state index contributed by atoms with van der Waals surface area (Å²) in [6, 6.07) is 0. The fraction of sp³-hybridized carbons (Fsp3) is 0.700. The second kappa shape index (κ2) is 4.03. The van der Waals surface area contributed by atoms with Crippen LogP contribution in [0.5, 0.6) is 0 Å². The van der Waals surface area contributed by atoms with Crippen LogP contribution in [-0.4, -0.2) is 20.5 Å². The Morgan fingerprint density at radius 3 is 2.43 bits per heavy atom. The van der Waals surface area contributed by atoms with E-state index in [0.29, 0.717) is 6.42 Å². The first kappa shape index (κ1) is 11.7. The molecule has 0 unspecified atom stereocenters. The molecule has 0 spiro atoms. The maximum atomic E-state index is 9.74. The third kappa shape index (κ3) is 2.58. The molecule has 1 rings (SSSR count). The van der Waals surface area contributed by atoms with E-state index in [9.17, 15) is 5.11 Å². The summed E-state index contributed by atoms with van der Waals surface area (Å²) in [6.07, 6.45) is 1.51. The zero-order valence-electron chi connectivity index (χ0n) is 9.13. The lowest BCUT2D eigenvalue weighted by Crippen LogP contribution is -2.23. The lowest BCUT2D eigenvalue weighted by atomic mass is 10.0. The number of aromatic nitrogens is 2. The third-order valence-electron chi connectivity index (χ3n) is 2.10. The standard InChI is InChI=1S/C10H17BrN2O/c1-5-7-9(11)8(13(4)12-7)6-10(2,3)14/h14H,5-6H2,1-4H3. The Kier molecular flexibility index (Phi) is 3.37. The van der Waals surface area contributed by atoms with E-state index in [1.165, 1.54) is 0 Å². The predicted octanol–water partition coefficient (Wildman–Crippen LogP) is 2.06.